The van der Waals surface area contributed by atoms with E-state index in [1.165, 1.54) is 9.59 Å². The molecule has 0 aliphatic rings. The normalized spacial score (nSPS) is 11.9. The first-order chi connectivity index (χ1) is 28.4. The van der Waals surface area contributed by atoms with Crippen LogP contribution in [0, 0.1) is 5.41 Å². The Bertz CT molecular complexity index is 2580. The van der Waals surface area contributed by atoms with Gasteiger partial charge in [0.05, 0.1) is 13.2 Å². The summed E-state index contributed by atoms with van der Waals surface area (Å²) >= 11 is 6.05. The summed E-state index contributed by atoms with van der Waals surface area (Å²) in [5.41, 5.74) is 7.70. The summed E-state index contributed by atoms with van der Waals surface area (Å²) in [6.07, 6.45) is 1.68. The third-order valence-electron chi connectivity index (χ3n) is 9.92. The number of ether oxygens (including phenoxy) is 2. The molecule has 2 N–H and O–H groups in total. The van der Waals surface area contributed by atoms with E-state index in [4.69, 9.17) is 21.1 Å². The average molecular weight is 849 g/mol. The topological polar surface area (TPSA) is 154 Å². The van der Waals surface area contributed by atoms with Crippen LogP contribution < -0.4 is 0 Å². The molecule has 0 amide bonds. The molecule has 2 aromatic heterocycles. The van der Waals surface area contributed by atoms with Crippen molar-refractivity contribution in [2.75, 3.05) is 13.2 Å². The first-order valence-electron chi connectivity index (χ1n) is 20.2. The number of halogens is 1. The fourth-order valence-electron chi connectivity index (χ4n) is 7.01. The van der Waals surface area contributed by atoms with Crippen molar-refractivity contribution in [2.24, 2.45) is 5.41 Å². The molecular formula is C48H57ClN6O6. The quantitative estimate of drug-likeness (QED) is 0.0898. The van der Waals surface area contributed by atoms with Crippen molar-refractivity contribution in [3.8, 4) is 22.9 Å². The molecule has 2 heterocycles. The SMILES string of the molecule is C=C(C)C(=O)OCCc1cc(C(C)(C)C)cc(-n2nc3ccc(Cl)cc3n2)c1O.C=C(C)C(=O)OCCc1cc(C(C)(C)CC(C)(C)C)cc(-n2nc3ccccc3n2)c1O. The standard InChI is InChI=1S/C26H33N3O3.C22H24ClN3O3/c1-17(2)24(31)32-13-12-18-14-19(26(6,7)16-25(3,4)5)15-22(23(18)30)29-27-20-10-8-9-11-21(20)28-29;1-13(2)21(28)29-9-8-14-10-15(22(3,4)5)11-19(20(14)27)26-24-17-7-6-16(23)12-18(17)25-26/h8-11,14-15,30H,1,12-13,16H2,2-7H3;6-7,10-12,27H,1,8-9H2,2-5H3. The molecule has 0 atom stereocenters. The van der Waals surface area contributed by atoms with Crippen molar-refractivity contribution < 1.29 is 29.3 Å². The van der Waals surface area contributed by atoms with Gasteiger partial charge in [-0.05, 0) is 101 Å². The summed E-state index contributed by atoms with van der Waals surface area (Å²) in [5, 5.41) is 40.6. The van der Waals surface area contributed by atoms with Gasteiger partial charge in [-0.1, -0.05) is 104 Å². The van der Waals surface area contributed by atoms with Crippen LogP contribution in [0.25, 0.3) is 33.4 Å². The number of nitrogens with zero attached hydrogens (tertiary/aromatic N) is 6. The lowest BCUT2D eigenvalue weighted by atomic mass is 9.72. The van der Waals surface area contributed by atoms with Gasteiger partial charge in [0.2, 0.25) is 0 Å². The summed E-state index contributed by atoms with van der Waals surface area (Å²) < 4.78 is 10.5. The summed E-state index contributed by atoms with van der Waals surface area (Å²) in [7, 11) is 0. The van der Waals surface area contributed by atoms with Crippen LogP contribution in [-0.4, -0.2) is 65.4 Å². The van der Waals surface area contributed by atoms with Crippen molar-refractivity contribution in [2.45, 2.75) is 99.3 Å². The van der Waals surface area contributed by atoms with Crippen molar-refractivity contribution in [3.63, 3.8) is 0 Å². The second-order valence-corrected chi connectivity index (χ2v) is 18.7. The van der Waals surface area contributed by atoms with Crippen LogP contribution in [0.2, 0.25) is 5.02 Å². The molecule has 0 fully saturated rings. The Hall–Kier alpha value is -6.01. The predicted molar refractivity (Wildman–Crippen MR) is 241 cm³/mol. The van der Waals surface area contributed by atoms with Gasteiger partial charge in [-0.2, -0.15) is 0 Å². The van der Waals surface area contributed by atoms with Gasteiger partial charge in [-0.3, -0.25) is 0 Å². The lowest BCUT2D eigenvalue weighted by molar-refractivity contribution is -0.139. The zero-order valence-electron chi connectivity index (χ0n) is 36.9. The number of hydrogen-bond acceptors (Lipinski definition) is 10. The van der Waals surface area contributed by atoms with Crippen molar-refractivity contribution in [1.29, 1.82) is 0 Å². The Kier molecular flexibility index (Phi) is 13.8. The van der Waals surface area contributed by atoms with Crippen LogP contribution in [0.3, 0.4) is 0 Å². The van der Waals surface area contributed by atoms with Gasteiger partial charge in [-0.25, -0.2) is 9.59 Å². The number of phenolic OH excluding ortho intramolecular Hbond substituents is 2. The third kappa shape index (κ3) is 11.6. The zero-order valence-corrected chi connectivity index (χ0v) is 37.6. The monoisotopic (exact) mass is 848 g/mol. The second kappa shape index (κ2) is 18.3. The minimum absolute atomic E-state index is 0.0516. The molecule has 0 spiro atoms. The van der Waals surface area contributed by atoms with E-state index in [0.29, 0.717) is 62.5 Å². The lowest BCUT2D eigenvalue weighted by Gasteiger charge is -2.33. The molecule has 4 aromatic carbocycles. The first-order valence-corrected chi connectivity index (χ1v) is 20.5. The molecule has 13 heteroatoms. The molecule has 0 unspecified atom stereocenters. The fourth-order valence-corrected chi connectivity index (χ4v) is 7.18. The molecule has 6 rings (SSSR count). The largest absolute Gasteiger partial charge is 0.505 e. The molecule has 0 bridgehead atoms. The predicted octanol–water partition coefficient (Wildman–Crippen LogP) is 10.2. The maximum absolute atomic E-state index is 11.8. The molecule has 0 aliphatic heterocycles. The lowest BCUT2D eigenvalue weighted by Crippen LogP contribution is -2.25. The van der Waals surface area contributed by atoms with E-state index in [1.807, 2.05) is 48.5 Å². The molecule has 0 radical (unpaired) electrons. The highest BCUT2D eigenvalue weighted by Crippen LogP contribution is 2.40. The fraction of sp³-hybridized carbons (Fsp3) is 0.375. The van der Waals surface area contributed by atoms with Gasteiger partial charge in [0.25, 0.3) is 0 Å². The van der Waals surface area contributed by atoms with Gasteiger partial charge in [0, 0.05) is 29.0 Å². The highest BCUT2D eigenvalue weighted by atomic mass is 35.5. The van der Waals surface area contributed by atoms with E-state index in [1.54, 1.807) is 32.0 Å². The average Bonchev–Trinajstić information content (AvgIpc) is 3.79. The van der Waals surface area contributed by atoms with E-state index in [0.717, 1.165) is 28.6 Å². The number of aromatic hydroxyl groups is 2. The molecule has 0 saturated heterocycles. The molecule has 0 saturated carbocycles. The molecule has 322 valence electrons. The number of esters is 2. The van der Waals surface area contributed by atoms with Crippen LogP contribution in [0.1, 0.15) is 97.9 Å². The van der Waals surface area contributed by atoms with E-state index >= 15 is 0 Å². The first kappa shape index (κ1) is 46.1. The van der Waals surface area contributed by atoms with Gasteiger partial charge < -0.3 is 19.7 Å². The maximum Gasteiger partial charge on any atom is 0.333 e. The Balaban J connectivity index is 0.000000232. The van der Waals surface area contributed by atoms with Gasteiger partial charge in [0.1, 0.15) is 44.9 Å². The number of phenols is 2. The highest BCUT2D eigenvalue weighted by Gasteiger charge is 2.30. The summed E-state index contributed by atoms with van der Waals surface area (Å²) in [6, 6.07) is 20.6. The van der Waals surface area contributed by atoms with Crippen LogP contribution in [-0.2, 0) is 42.7 Å². The number of carbonyl (C=O) groups is 2. The minimum Gasteiger partial charge on any atom is -0.505 e. The van der Waals surface area contributed by atoms with Crippen LogP contribution in [0.4, 0.5) is 0 Å². The number of carbonyl (C=O) groups excluding carboxylic acids is 2. The Morgan fingerprint density at radius 2 is 1.07 bits per heavy atom. The Morgan fingerprint density at radius 3 is 1.51 bits per heavy atom. The summed E-state index contributed by atoms with van der Waals surface area (Å²) in [6.45, 7) is 28.0. The molecule has 6 aromatic rings. The maximum atomic E-state index is 11.8. The van der Waals surface area contributed by atoms with E-state index < -0.39 is 11.9 Å². The number of benzene rings is 4. The molecular weight excluding hydrogens is 792 g/mol. The van der Waals surface area contributed by atoms with Crippen LogP contribution in [0.15, 0.2) is 91.0 Å². The van der Waals surface area contributed by atoms with Gasteiger partial charge in [0.15, 0.2) is 0 Å². The van der Waals surface area contributed by atoms with Crippen molar-refractivity contribution in [3.05, 3.63) is 118 Å². The van der Waals surface area contributed by atoms with Crippen molar-refractivity contribution >= 4 is 45.6 Å². The molecule has 61 heavy (non-hydrogen) atoms. The molecule has 0 aliphatic carbocycles. The van der Waals surface area contributed by atoms with Gasteiger partial charge >= 0.3 is 11.9 Å². The van der Waals surface area contributed by atoms with Crippen LogP contribution in [0.5, 0.6) is 11.5 Å². The summed E-state index contributed by atoms with van der Waals surface area (Å²) in [4.78, 5) is 26.3. The minimum atomic E-state index is -0.450. The number of rotatable bonds is 12. The number of hydrogen-bond donors (Lipinski definition) is 2. The summed E-state index contributed by atoms with van der Waals surface area (Å²) in [5.74, 6) is -0.745. The van der Waals surface area contributed by atoms with Crippen LogP contribution >= 0.6 is 11.6 Å². The molecule has 12 nitrogen and oxygen atoms in total. The number of fused-ring (bicyclic) bond motifs is 2. The highest BCUT2D eigenvalue weighted by molar-refractivity contribution is 6.31. The zero-order chi connectivity index (χ0) is 45.0. The van der Waals surface area contributed by atoms with E-state index in [9.17, 15) is 19.8 Å². The smallest absolute Gasteiger partial charge is 0.333 e. The Labute approximate surface area is 362 Å². The van der Waals surface area contributed by atoms with E-state index in [2.05, 4.69) is 88.9 Å². The number of aromatic nitrogens is 6. The van der Waals surface area contributed by atoms with Gasteiger partial charge in [-0.15, -0.1) is 30.0 Å². The third-order valence-corrected chi connectivity index (χ3v) is 10.2. The van der Waals surface area contributed by atoms with E-state index in [-0.39, 0.29) is 41.0 Å². The second-order valence-electron chi connectivity index (χ2n) is 18.3. The van der Waals surface area contributed by atoms with Crippen molar-refractivity contribution in [1.82, 2.24) is 30.0 Å². The Morgan fingerprint density at radius 1 is 0.639 bits per heavy atom.